The highest BCUT2D eigenvalue weighted by Crippen LogP contribution is 2.01. The van der Waals surface area contributed by atoms with Crippen molar-refractivity contribution in [1.82, 2.24) is 10.6 Å². The fourth-order valence-corrected chi connectivity index (χ4v) is 1.83. The van der Waals surface area contributed by atoms with E-state index in [0.717, 1.165) is 18.4 Å². The topological polar surface area (TPSA) is 24.1 Å². The van der Waals surface area contributed by atoms with Crippen LogP contribution in [0.15, 0.2) is 0 Å². The Bertz CT molecular complexity index is 128. The summed E-state index contributed by atoms with van der Waals surface area (Å²) in [5, 5.41) is 7.02. The second-order valence-corrected chi connectivity index (χ2v) is 5.94. The summed E-state index contributed by atoms with van der Waals surface area (Å²) in [6, 6.07) is 0. The molecule has 0 aliphatic heterocycles. The Balaban J connectivity index is 2.94. The summed E-state index contributed by atoms with van der Waals surface area (Å²) in [5.41, 5.74) is 0. The average molecular weight is 242 g/mol. The van der Waals surface area contributed by atoms with Gasteiger partial charge in [0.15, 0.2) is 0 Å². The quantitative estimate of drug-likeness (QED) is 0.512. The van der Waals surface area contributed by atoms with Gasteiger partial charge in [0.2, 0.25) is 0 Å². The molecule has 0 saturated carbocycles. The van der Waals surface area contributed by atoms with Crippen molar-refractivity contribution in [3.63, 3.8) is 0 Å². The second-order valence-electron chi connectivity index (χ2n) is 5.94. The molecule has 0 atom stereocenters. The van der Waals surface area contributed by atoms with Crippen LogP contribution in [0, 0.1) is 11.8 Å². The van der Waals surface area contributed by atoms with Crippen molar-refractivity contribution < 1.29 is 0 Å². The Morgan fingerprint density at radius 1 is 0.647 bits per heavy atom. The zero-order valence-electron chi connectivity index (χ0n) is 12.5. The molecule has 2 heteroatoms. The highest BCUT2D eigenvalue weighted by Gasteiger charge is 1.95. The average Bonchev–Trinajstić information content (AvgIpc) is 2.25. The molecule has 2 N–H and O–H groups in total. The van der Waals surface area contributed by atoms with Gasteiger partial charge in [0.05, 0.1) is 0 Å². The molecule has 104 valence electrons. The Morgan fingerprint density at radius 2 is 1.24 bits per heavy atom. The number of hydrogen-bond donors (Lipinski definition) is 2. The maximum atomic E-state index is 3.53. The molecule has 0 aromatic heterocycles. The van der Waals surface area contributed by atoms with E-state index >= 15 is 0 Å². The summed E-state index contributed by atoms with van der Waals surface area (Å²) in [7, 11) is 0. The molecule has 0 aromatic carbocycles. The summed E-state index contributed by atoms with van der Waals surface area (Å²) in [5.74, 6) is 1.63. The van der Waals surface area contributed by atoms with E-state index in [9.17, 15) is 0 Å². The minimum Gasteiger partial charge on any atom is -0.317 e. The monoisotopic (exact) mass is 242 g/mol. The van der Waals surface area contributed by atoms with Crippen LogP contribution >= 0.6 is 0 Å². The maximum absolute atomic E-state index is 3.53. The van der Waals surface area contributed by atoms with Crippen LogP contribution in [0.1, 0.15) is 59.8 Å². The molecule has 0 heterocycles. The van der Waals surface area contributed by atoms with Crippen LogP contribution in [0.5, 0.6) is 0 Å². The number of hydrogen-bond acceptors (Lipinski definition) is 2. The second kappa shape index (κ2) is 12.4. The SMILES string of the molecule is CC(C)CCCNCCCCCNCC(C)C. The minimum absolute atomic E-state index is 0.776. The van der Waals surface area contributed by atoms with E-state index in [2.05, 4.69) is 38.3 Å². The number of nitrogens with one attached hydrogen (secondary N) is 2. The zero-order valence-corrected chi connectivity index (χ0v) is 12.5. The summed E-state index contributed by atoms with van der Waals surface area (Å²) in [6.45, 7) is 13.8. The molecule has 0 radical (unpaired) electrons. The van der Waals surface area contributed by atoms with E-state index in [1.54, 1.807) is 0 Å². The van der Waals surface area contributed by atoms with Gasteiger partial charge in [-0.15, -0.1) is 0 Å². The van der Waals surface area contributed by atoms with E-state index in [1.807, 2.05) is 0 Å². The van der Waals surface area contributed by atoms with Gasteiger partial charge in [0.25, 0.3) is 0 Å². The predicted octanol–water partition coefficient (Wildman–Crippen LogP) is 3.43. The third kappa shape index (κ3) is 15.9. The molecular formula is C15H34N2. The first-order valence-electron chi connectivity index (χ1n) is 7.54. The zero-order chi connectivity index (χ0) is 12.9. The van der Waals surface area contributed by atoms with Crippen LogP contribution in [-0.4, -0.2) is 26.2 Å². The fourth-order valence-electron chi connectivity index (χ4n) is 1.83. The van der Waals surface area contributed by atoms with Gasteiger partial charge in [-0.2, -0.15) is 0 Å². The lowest BCUT2D eigenvalue weighted by Crippen LogP contribution is -2.21. The standard InChI is InChI=1S/C15H34N2/c1-14(2)9-8-12-16-10-6-5-7-11-17-13-15(3)4/h14-17H,5-13H2,1-4H3. The van der Waals surface area contributed by atoms with Gasteiger partial charge in [0, 0.05) is 0 Å². The van der Waals surface area contributed by atoms with Gasteiger partial charge >= 0.3 is 0 Å². The van der Waals surface area contributed by atoms with Crippen LogP contribution < -0.4 is 10.6 Å². The van der Waals surface area contributed by atoms with Gasteiger partial charge in [0.1, 0.15) is 0 Å². The lowest BCUT2D eigenvalue weighted by atomic mass is 10.1. The first-order chi connectivity index (χ1) is 8.13. The summed E-state index contributed by atoms with van der Waals surface area (Å²) < 4.78 is 0. The molecule has 0 saturated heterocycles. The number of rotatable bonds is 12. The van der Waals surface area contributed by atoms with E-state index in [0.29, 0.717) is 0 Å². The predicted molar refractivity (Wildman–Crippen MR) is 78.5 cm³/mol. The molecule has 0 bridgehead atoms. The molecule has 0 fully saturated rings. The van der Waals surface area contributed by atoms with Crippen molar-refractivity contribution in [1.29, 1.82) is 0 Å². The smallest absolute Gasteiger partial charge is 0.00258 e. The molecule has 2 nitrogen and oxygen atoms in total. The molecule has 0 spiro atoms. The van der Waals surface area contributed by atoms with Crippen molar-refractivity contribution in [3.8, 4) is 0 Å². The van der Waals surface area contributed by atoms with Crippen molar-refractivity contribution in [2.45, 2.75) is 59.8 Å². The molecule has 17 heavy (non-hydrogen) atoms. The summed E-state index contributed by atoms with van der Waals surface area (Å²) >= 11 is 0. The highest BCUT2D eigenvalue weighted by molar-refractivity contribution is 4.54. The molecule has 0 aliphatic carbocycles. The van der Waals surface area contributed by atoms with Gasteiger partial charge in [-0.3, -0.25) is 0 Å². The van der Waals surface area contributed by atoms with Crippen LogP contribution in [-0.2, 0) is 0 Å². The highest BCUT2D eigenvalue weighted by atomic mass is 14.9. The van der Waals surface area contributed by atoms with Crippen LogP contribution in [0.4, 0.5) is 0 Å². The van der Waals surface area contributed by atoms with E-state index in [4.69, 9.17) is 0 Å². The normalized spacial score (nSPS) is 11.6. The van der Waals surface area contributed by atoms with Gasteiger partial charge < -0.3 is 10.6 Å². The third-order valence-corrected chi connectivity index (χ3v) is 2.89. The first kappa shape index (κ1) is 16.9. The van der Waals surface area contributed by atoms with Crippen molar-refractivity contribution in [2.75, 3.05) is 26.2 Å². The van der Waals surface area contributed by atoms with E-state index in [-0.39, 0.29) is 0 Å². The largest absolute Gasteiger partial charge is 0.317 e. The van der Waals surface area contributed by atoms with E-state index in [1.165, 1.54) is 51.7 Å². The number of unbranched alkanes of at least 4 members (excludes halogenated alkanes) is 2. The van der Waals surface area contributed by atoms with Gasteiger partial charge in [-0.05, 0) is 63.7 Å². The Kier molecular flexibility index (Phi) is 12.3. The molecule has 0 aromatic rings. The first-order valence-corrected chi connectivity index (χ1v) is 7.54. The van der Waals surface area contributed by atoms with Gasteiger partial charge in [-0.25, -0.2) is 0 Å². The molecular weight excluding hydrogens is 208 g/mol. The van der Waals surface area contributed by atoms with Crippen molar-refractivity contribution >= 4 is 0 Å². The van der Waals surface area contributed by atoms with Crippen LogP contribution in [0.25, 0.3) is 0 Å². The van der Waals surface area contributed by atoms with Crippen molar-refractivity contribution in [2.24, 2.45) is 11.8 Å². The maximum Gasteiger partial charge on any atom is -0.00258 e. The Hall–Kier alpha value is -0.0800. The Labute approximate surface area is 109 Å². The minimum atomic E-state index is 0.776. The summed E-state index contributed by atoms with van der Waals surface area (Å²) in [4.78, 5) is 0. The molecule has 0 rings (SSSR count). The molecule has 0 amide bonds. The lowest BCUT2D eigenvalue weighted by Gasteiger charge is -2.08. The van der Waals surface area contributed by atoms with Crippen molar-refractivity contribution in [3.05, 3.63) is 0 Å². The Morgan fingerprint density at radius 3 is 1.82 bits per heavy atom. The third-order valence-electron chi connectivity index (χ3n) is 2.89. The van der Waals surface area contributed by atoms with Crippen LogP contribution in [0.2, 0.25) is 0 Å². The van der Waals surface area contributed by atoms with Gasteiger partial charge in [-0.1, -0.05) is 34.1 Å². The van der Waals surface area contributed by atoms with E-state index < -0.39 is 0 Å². The fraction of sp³-hybridized carbons (Fsp3) is 1.00. The molecule has 0 unspecified atom stereocenters. The lowest BCUT2D eigenvalue weighted by molar-refractivity contribution is 0.506. The molecule has 0 aliphatic rings. The summed E-state index contributed by atoms with van der Waals surface area (Å²) in [6.07, 6.45) is 6.67. The van der Waals surface area contributed by atoms with Crippen LogP contribution in [0.3, 0.4) is 0 Å².